The predicted octanol–water partition coefficient (Wildman–Crippen LogP) is 2.44. The van der Waals surface area contributed by atoms with Crippen molar-refractivity contribution in [2.45, 2.75) is 6.54 Å². The van der Waals surface area contributed by atoms with E-state index in [-0.39, 0.29) is 0 Å². The fourth-order valence-corrected chi connectivity index (χ4v) is 3.47. The van der Waals surface area contributed by atoms with Gasteiger partial charge in [-0.15, -0.1) is 11.3 Å². The standard InChI is InChI=1S/C16H20ClN5OS/c1-23-14-10-13(17)3-2-12(14)11-20-15(18)21-5-7-22(8-6-21)16-19-4-9-24-16/h2-4,9-10H,5-8,11H2,1H3,(H2,18,20). The van der Waals surface area contributed by atoms with Gasteiger partial charge in [0.05, 0.1) is 13.7 Å². The zero-order valence-corrected chi connectivity index (χ0v) is 15.1. The first kappa shape index (κ1) is 16.9. The third kappa shape index (κ3) is 3.91. The topological polar surface area (TPSA) is 67.0 Å². The smallest absolute Gasteiger partial charge is 0.191 e. The summed E-state index contributed by atoms with van der Waals surface area (Å²) in [7, 11) is 1.63. The Labute approximate surface area is 150 Å². The van der Waals surface area contributed by atoms with Crippen molar-refractivity contribution in [2.75, 3.05) is 38.2 Å². The van der Waals surface area contributed by atoms with Gasteiger partial charge in [0.15, 0.2) is 11.1 Å². The Hall–Kier alpha value is -1.99. The number of aromatic nitrogens is 1. The van der Waals surface area contributed by atoms with Crippen LogP contribution in [0.15, 0.2) is 34.8 Å². The van der Waals surface area contributed by atoms with E-state index in [0.717, 1.165) is 42.6 Å². The summed E-state index contributed by atoms with van der Waals surface area (Å²) in [5.74, 6) is 1.29. The van der Waals surface area contributed by atoms with Crippen LogP contribution in [-0.4, -0.2) is 49.1 Å². The molecule has 1 aliphatic rings. The monoisotopic (exact) mass is 365 g/mol. The first-order chi connectivity index (χ1) is 11.7. The van der Waals surface area contributed by atoms with Crippen molar-refractivity contribution < 1.29 is 4.74 Å². The lowest BCUT2D eigenvalue weighted by Gasteiger charge is -2.35. The average molecular weight is 366 g/mol. The second-order valence-corrected chi connectivity index (χ2v) is 6.73. The van der Waals surface area contributed by atoms with Crippen molar-refractivity contribution in [3.8, 4) is 5.75 Å². The molecule has 3 rings (SSSR count). The minimum absolute atomic E-state index is 0.471. The number of hydrogen-bond acceptors (Lipinski definition) is 5. The van der Waals surface area contributed by atoms with Crippen LogP contribution in [0.2, 0.25) is 5.02 Å². The van der Waals surface area contributed by atoms with E-state index in [1.165, 1.54) is 0 Å². The molecule has 6 nitrogen and oxygen atoms in total. The van der Waals surface area contributed by atoms with Gasteiger partial charge in [-0.05, 0) is 12.1 Å². The highest BCUT2D eigenvalue weighted by molar-refractivity contribution is 7.13. The fourth-order valence-electron chi connectivity index (χ4n) is 2.61. The molecule has 8 heteroatoms. The molecule has 2 N–H and O–H groups in total. The Balaban J connectivity index is 1.59. The van der Waals surface area contributed by atoms with Gasteiger partial charge in [0.1, 0.15) is 5.75 Å². The lowest BCUT2D eigenvalue weighted by molar-refractivity contribution is 0.380. The first-order valence-corrected chi connectivity index (χ1v) is 8.95. The number of thiazole rings is 1. The molecule has 0 aliphatic carbocycles. The summed E-state index contributed by atoms with van der Waals surface area (Å²) in [4.78, 5) is 13.2. The molecule has 1 saturated heterocycles. The molecule has 0 amide bonds. The molecule has 0 atom stereocenters. The normalized spacial score (nSPS) is 15.7. The van der Waals surface area contributed by atoms with E-state index in [4.69, 9.17) is 22.1 Å². The SMILES string of the molecule is COc1cc(Cl)ccc1CN=C(N)N1CCN(c2nccs2)CC1. The number of methoxy groups -OCH3 is 1. The third-order valence-electron chi connectivity index (χ3n) is 3.95. The molecule has 1 fully saturated rings. The van der Waals surface area contributed by atoms with Gasteiger partial charge in [-0.25, -0.2) is 9.98 Å². The van der Waals surface area contributed by atoms with E-state index in [1.807, 2.05) is 23.7 Å². The molecular formula is C16H20ClN5OS. The molecule has 2 aromatic rings. The van der Waals surface area contributed by atoms with E-state index < -0.39 is 0 Å². The van der Waals surface area contributed by atoms with E-state index in [2.05, 4.69) is 19.8 Å². The van der Waals surface area contributed by atoms with Crippen LogP contribution in [0.1, 0.15) is 5.56 Å². The van der Waals surface area contributed by atoms with Crippen molar-refractivity contribution in [3.63, 3.8) is 0 Å². The maximum atomic E-state index is 6.16. The van der Waals surface area contributed by atoms with Crippen molar-refractivity contribution in [3.05, 3.63) is 40.4 Å². The van der Waals surface area contributed by atoms with Gasteiger partial charge < -0.3 is 20.3 Å². The summed E-state index contributed by atoms with van der Waals surface area (Å²) in [5.41, 5.74) is 7.12. The van der Waals surface area contributed by atoms with Gasteiger partial charge in [0.25, 0.3) is 0 Å². The minimum atomic E-state index is 0.471. The predicted molar refractivity (Wildman–Crippen MR) is 99.2 cm³/mol. The van der Waals surface area contributed by atoms with E-state index in [9.17, 15) is 0 Å². The van der Waals surface area contributed by atoms with Crippen LogP contribution < -0.4 is 15.4 Å². The molecule has 1 aliphatic heterocycles. The summed E-state index contributed by atoms with van der Waals surface area (Å²) >= 11 is 7.64. The summed E-state index contributed by atoms with van der Waals surface area (Å²) in [6.07, 6.45) is 1.84. The number of anilines is 1. The van der Waals surface area contributed by atoms with Gasteiger partial charge in [-0.1, -0.05) is 17.7 Å². The zero-order valence-electron chi connectivity index (χ0n) is 13.5. The number of aliphatic imine (C=N–C) groups is 1. The van der Waals surface area contributed by atoms with Crippen LogP contribution in [0.3, 0.4) is 0 Å². The van der Waals surface area contributed by atoms with Crippen LogP contribution in [0.4, 0.5) is 5.13 Å². The lowest BCUT2D eigenvalue weighted by Crippen LogP contribution is -2.51. The van der Waals surface area contributed by atoms with Crippen molar-refractivity contribution in [2.24, 2.45) is 10.7 Å². The zero-order chi connectivity index (χ0) is 16.9. The van der Waals surface area contributed by atoms with Crippen molar-refractivity contribution in [1.29, 1.82) is 0 Å². The summed E-state index contributed by atoms with van der Waals surface area (Å²) < 4.78 is 5.34. The lowest BCUT2D eigenvalue weighted by atomic mass is 10.2. The van der Waals surface area contributed by atoms with Crippen LogP contribution in [0.5, 0.6) is 5.75 Å². The minimum Gasteiger partial charge on any atom is -0.496 e. The maximum Gasteiger partial charge on any atom is 0.191 e. The van der Waals surface area contributed by atoms with Gasteiger partial charge >= 0.3 is 0 Å². The molecule has 0 unspecified atom stereocenters. The fraction of sp³-hybridized carbons (Fsp3) is 0.375. The molecule has 24 heavy (non-hydrogen) atoms. The highest BCUT2D eigenvalue weighted by Gasteiger charge is 2.19. The largest absolute Gasteiger partial charge is 0.496 e. The number of nitrogens with two attached hydrogens (primary N) is 1. The second-order valence-electron chi connectivity index (χ2n) is 5.42. The summed E-state index contributed by atoms with van der Waals surface area (Å²) in [5, 5.41) is 3.71. The third-order valence-corrected chi connectivity index (χ3v) is 5.02. The number of guanidine groups is 1. The van der Waals surface area contributed by atoms with Crippen molar-refractivity contribution in [1.82, 2.24) is 9.88 Å². The Morgan fingerprint density at radius 2 is 2.17 bits per heavy atom. The summed E-state index contributed by atoms with van der Waals surface area (Å²) in [6, 6.07) is 5.53. The van der Waals surface area contributed by atoms with E-state index in [0.29, 0.717) is 17.5 Å². The first-order valence-electron chi connectivity index (χ1n) is 7.69. The molecule has 0 bridgehead atoms. The van der Waals surface area contributed by atoms with E-state index >= 15 is 0 Å². The Kier molecular flexibility index (Phi) is 5.42. The Morgan fingerprint density at radius 1 is 1.38 bits per heavy atom. The summed E-state index contributed by atoms with van der Waals surface area (Å²) in [6.45, 7) is 3.94. The molecule has 0 saturated carbocycles. The quantitative estimate of drug-likeness (QED) is 0.665. The van der Waals surface area contributed by atoms with Gasteiger partial charge in [-0.3, -0.25) is 0 Å². The number of piperazine rings is 1. The molecule has 0 radical (unpaired) electrons. The molecule has 1 aromatic carbocycles. The number of halogens is 1. The van der Waals surface area contributed by atoms with Crippen LogP contribution in [0.25, 0.3) is 0 Å². The maximum absolute atomic E-state index is 6.16. The molecule has 128 valence electrons. The molecule has 2 heterocycles. The Bertz CT molecular complexity index is 698. The number of benzene rings is 1. The Morgan fingerprint density at radius 3 is 2.83 bits per heavy atom. The van der Waals surface area contributed by atoms with Crippen LogP contribution in [0, 0.1) is 0 Å². The van der Waals surface area contributed by atoms with Crippen LogP contribution in [-0.2, 0) is 6.54 Å². The highest BCUT2D eigenvalue weighted by atomic mass is 35.5. The second kappa shape index (κ2) is 7.72. The molecular weight excluding hydrogens is 346 g/mol. The number of nitrogens with zero attached hydrogens (tertiary/aromatic N) is 4. The molecule has 1 aromatic heterocycles. The molecule has 0 spiro atoms. The number of rotatable bonds is 4. The number of ether oxygens (including phenoxy) is 1. The van der Waals surface area contributed by atoms with Gasteiger partial charge in [0, 0.05) is 48.3 Å². The average Bonchev–Trinajstić information content (AvgIpc) is 3.15. The number of hydrogen-bond donors (Lipinski definition) is 1. The van der Waals surface area contributed by atoms with Crippen LogP contribution >= 0.6 is 22.9 Å². The van der Waals surface area contributed by atoms with Crippen molar-refractivity contribution >= 4 is 34.0 Å². The van der Waals surface area contributed by atoms with E-state index in [1.54, 1.807) is 24.5 Å². The van der Waals surface area contributed by atoms with Gasteiger partial charge in [0.2, 0.25) is 0 Å². The highest BCUT2D eigenvalue weighted by Crippen LogP contribution is 2.24. The van der Waals surface area contributed by atoms with Gasteiger partial charge in [-0.2, -0.15) is 0 Å².